The molecule has 110 valence electrons. The molecule has 0 saturated heterocycles. The van der Waals surface area contributed by atoms with E-state index in [1.165, 1.54) is 28.3 Å². The highest BCUT2D eigenvalue weighted by Crippen LogP contribution is 2.18. The van der Waals surface area contributed by atoms with Crippen molar-refractivity contribution in [2.24, 2.45) is 0 Å². The molecule has 0 fully saturated rings. The van der Waals surface area contributed by atoms with Crippen molar-refractivity contribution < 1.29 is 4.92 Å². The van der Waals surface area contributed by atoms with Gasteiger partial charge in [-0.15, -0.1) is 0 Å². The molecule has 0 heterocycles. The second kappa shape index (κ2) is 6.50. The predicted molar refractivity (Wildman–Crippen MR) is 84.3 cm³/mol. The first-order valence-corrected chi connectivity index (χ1v) is 6.99. The summed E-state index contributed by atoms with van der Waals surface area (Å²) in [7, 11) is 0. The van der Waals surface area contributed by atoms with Crippen LogP contribution in [0.5, 0.6) is 0 Å². The molecule has 0 aromatic heterocycles. The Hall–Kier alpha value is -2.20. The molecule has 0 bridgehead atoms. The summed E-state index contributed by atoms with van der Waals surface area (Å²) in [6, 6.07) is 11.2. The Kier molecular flexibility index (Phi) is 4.70. The van der Waals surface area contributed by atoms with E-state index in [1.54, 1.807) is 12.1 Å². The molecule has 0 radical (unpaired) electrons. The van der Waals surface area contributed by atoms with Crippen molar-refractivity contribution >= 4 is 5.69 Å². The average molecular weight is 284 g/mol. The number of rotatable bonds is 5. The highest BCUT2D eigenvalue weighted by Gasteiger charge is 2.11. The average Bonchev–Trinajstić information content (AvgIpc) is 2.44. The SMILES string of the molecule is Cc1cc(C)c(CNCc2ccccc2[N+](=O)[O-])cc1C. The van der Waals surface area contributed by atoms with Gasteiger partial charge in [0.05, 0.1) is 4.92 Å². The lowest BCUT2D eigenvalue weighted by Crippen LogP contribution is -2.14. The van der Waals surface area contributed by atoms with E-state index in [0.29, 0.717) is 18.7 Å². The van der Waals surface area contributed by atoms with E-state index in [-0.39, 0.29) is 10.6 Å². The first-order valence-electron chi connectivity index (χ1n) is 6.99. The zero-order chi connectivity index (χ0) is 15.4. The van der Waals surface area contributed by atoms with Crippen LogP contribution in [0.15, 0.2) is 36.4 Å². The van der Waals surface area contributed by atoms with Crippen LogP contribution in [-0.2, 0) is 13.1 Å². The van der Waals surface area contributed by atoms with Crippen molar-refractivity contribution in [2.45, 2.75) is 33.9 Å². The van der Waals surface area contributed by atoms with Crippen LogP contribution >= 0.6 is 0 Å². The molecule has 4 heteroatoms. The first-order chi connectivity index (χ1) is 9.99. The summed E-state index contributed by atoms with van der Waals surface area (Å²) < 4.78 is 0. The number of para-hydroxylation sites is 1. The van der Waals surface area contributed by atoms with Crippen LogP contribution in [0.25, 0.3) is 0 Å². The van der Waals surface area contributed by atoms with Gasteiger partial charge in [-0.05, 0) is 43.0 Å². The van der Waals surface area contributed by atoms with Crippen molar-refractivity contribution in [3.8, 4) is 0 Å². The van der Waals surface area contributed by atoms with E-state index in [4.69, 9.17) is 0 Å². The summed E-state index contributed by atoms with van der Waals surface area (Å²) in [5, 5.41) is 14.3. The van der Waals surface area contributed by atoms with Crippen molar-refractivity contribution in [3.05, 3.63) is 74.3 Å². The number of hydrogen-bond acceptors (Lipinski definition) is 3. The summed E-state index contributed by atoms with van der Waals surface area (Å²) in [4.78, 5) is 10.6. The predicted octanol–water partition coefficient (Wildman–Crippen LogP) is 3.81. The van der Waals surface area contributed by atoms with Crippen LogP contribution in [0, 0.1) is 30.9 Å². The van der Waals surface area contributed by atoms with Gasteiger partial charge in [-0.2, -0.15) is 0 Å². The summed E-state index contributed by atoms with van der Waals surface area (Å²) >= 11 is 0. The lowest BCUT2D eigenvalue weighted by molar-refractivity contribution is -0.385. The quantitative estimate of drug-likeness (QED) is 0.671. The number of aryl methyl sites for hydroxylation is 3. The molecule has 1 N–H and O–H groups in total. The molecule has 0 spiro atoms. The molecule has 2 rings (SSSR count). The van der Waals surface area contributed by atoms with Crippen molar-refractivity contribution in [1.29, 1.82) is 0 Å². The second-order valence-electron chi connectivity index (χ2n) is 5.35. The van der Waals surface area contributed by atoms with E-state index in [9.17, 15) is 10.1 Å². The Morgan fingerprint density at radius 3 is 2.29 bits per heavy atom. The van der Waals surface area contributed by atoms with Gasteiger partial charge in [-0.25, -0.2) is 0 Å². The number of nitro groups is 1. The summed E-state index contributed by atoms with van der Waals surface area (Å²) in [5.74, 6) is 0. The van der Waals surface area contributed by atoms with Crippen LogP contribution in [0.1, 0.15) is 27.8 Å². The van der Waals surface area contributed by atoms with Crippen LogP contribution < -0.4 is 5.32 Å². The molecule has 0 saturated carbocycles. The monoisotopic (exact) mass is 284 g/mol. The fraction of sp³-hybridized carbons (Fsp3) is 0.294. The molecular formula is C17H20N2O2. The van der Waals surface area contributed by atoms with E-state index in [1.807, 2.05) is 6.07 Å². The molecule has 0 aliphatic carbocycles. The van der Waals surface area contributed by atoms with Gasteiger partial charge in [0.2, 0.25) is 0 Å². The van der Waals surface area contributed by atoms with E-state index < -0.39 is 0 Å². The summed E-state index contributed by atoms with van der Waals surface area (Å²) in [6.07, 6.45) is 0. The molecule has 0 unspecified atom stereocenters. The number of benzene rings is 2. The second-order valence-corrected chi connectivity index (χ2v) is 5.35. The molecule has 21 heavy (non-hydrogen) atoms. The third-order valence-electron chi connectivity index (χ3n) is 3.77. The highest BCUT2D eigenvalue weighted by molar-refractivity contribution is 5.40. The van der Waals surface area contributed by atoms with Gasteiger partial charge in [0.15, 0.2) is 0 Å². The van der Waals surface area contributed by atoms with Crippen LogP contribution in [0.4, 0.5) is 5.69 Å². The fourth-order valence-corrected chi connectivity index (χ4v) is 2.38. The van der Waals surface area contributed by atoms with Crippen molar-refractivity contribution in [3.63, 3.8) is 0 Å². The van der Waals surface area contributed by atoms with Gasteiger partial charge < -0.3 is 5.32 Å². The Labute approximate surface area is 125 Å². The molecule has 0 amide bonds. The number of nitrogens with zero attached hydrogens (tertiary/aromatic N) is 1. The third kappa shape index (κ3) is 3.67. The maximum Gasteiger partial charge on any atom is 0.273 e. The Morgan fingerprint density at radius 1 is 0.952 bits per heavy atom. The lowest BCUT2D eigenvalue weighted by atomic mass is 10.0. The maximum absolute atomic E-state index is 11.0. The van der Waals surface area contributed by atoms with Gasteiger partial charge in [-0.3, -0.25) is 10.1 Å². The lowest BCUT2D eigenvalue weighted by Gasteiger charge is -2.11. The maximum atomic E-state index is 11.0. The zero-order valence-corrected chi connectivity index (χ0v) is 12.6. The van der Waals surface area contributed by atoms with Gasteiger partial charge in [0.25, 0.3) is 5.69 Å². The summed E-state index contributed by atoms with van der Waals surface area (Å²) in [5.41, 5.74) is 5.91. The van der Waals surface area contributed by atoms with E-state index >= 15 is 0 Å². The Bertz CT molecular complexity index is 666. The van der Waals surface area contributed by atoms with Gasteiger partial charge in [0, 0.05) is 24.7 Å². The summed E-state index contributed by atoms with van der Waals surface area (Å²) in [6.45, 7) is 7.49. The Morgan fingerprint density at radius 2 is 1.57 bits per heavy atom. The third-order valence-corrected chi connectivity index (χ3v) is 3.77. The van der Waals surface area contributed by atoms with Crippen LogP contribution in [0.3, 0.4) is 0 Å². The number of hydrogen-bond donors (Lipinski definition) is 1. The molecule has 2 aromatic rings. The largest absolute Gasteiger partial charge is 0.308 e. The normalized spacial score (nSPS) is 10.6. The van der Waals surface area contributed by atoms with E-state index in [2.05, 4.69) is 38.2 Å². The smallest absolute Gasteiger partial charge is 0.273 e. The molecule has 4 nitrogen and oxygen atoms in total. The Balaban J connectivity index is 2.06. The fourth-order valence-electron chi connectivity index (χ4n) is 2.38. The minimum absolute atomic E-state index is 0.168. The first kappa shape index (κ1) is 15.2. The van der Waals surface area contributed by atoms with Crippen LogP contribution in [0.2, 0.25) is 0 Å². The number of nitrogens with one attached hydrogen (secondary N) is 1. The molecular weight excluding hydrogens is 264 g/mol. The molecule has 2 aromatic carbocycles. The molecule has 0 atom stereocenters. The van der Waals surface area contributed by atoms with Gasteiger partial charge in [0.1, 0.15) is 0 Å². The topological polar surface area (TPSA) is 55.2 Å². The number of nitro benzene ring substituents is 1. The minimum atomic E-state index is -0.335. The van der Waals surface area contributed by atoms with Crippen molar-refractivity contribution in [2.75, 3.05) is 0 Å². The van der Waals surface area contributed by atoms with Crippen molar-refractivity contribution in [1.82, 2.24) is 5.32 Å². The van der Waals surface area contributed by atoms with Crippen LogP contribution in [-0.4, -0.2) is 4.92 Å². The molecule has 0 aliphatic heterocycles. The van der Waals surface area contributed by atoms with Gasteiger partial charge >= 0.3 is 0 Å². The standard InChI is InChI=1S/C17H20N2O2/c1-12-8-14(3)16(9-13(12)2)11-18-10-15-6-4-5-7-17(15)19(20)21/h4-9,18H,10-11H2,1-3H3. The van der Waals surface area contributed by atoms with E-state index in [0.717, 1.165) is 0 Å². The zero-order valence-electron chi connectivity index (χ0n) is 12.6. The molecule has 0 aliphatic rings. The highest BCUT2D eigenvalue weighted by atomic mass is 16.6. The van der Waals surface area contributed by atoms with Gasteiger partial charge in [-0.1, -0.05) is 30.3 Å². The minimum Gasteiger partial charge on any atom is -0.308 e.